The van der Waals surface area contributed by atoms with Crippen molar-refractivity contribution in [2.45, 2.75) is 32.7 Å². The predicted molar refractivity (Wildman–Crippen MR) is 63.3 cm³/mol. The molecule has 0 bridgehead atoms. The van der Waals surface area contributed by atoms with Crippen LogP contribution in [0.2, 0.25) is 0 Å². The fourth-order valence-corrected chi connectivity index (χ4v) is 2.34. The SMILES string of the molecule is Cc1cccc(CC(NN)C2CC2C)c1. The molecule has 1 aliphatic carbocycles. The zero-order valence-corrected chi connectivity index (χ0v) is 9.53. The Balaban J connectivity index is 2.00. The highest BCUT2D eigenvalue weighted by atomic mass is 15.2. The molecule has 1 aromatic rings. The van der Waals surface area contributed by atoms with Gasteiger partial charge in [0.15, 0.2) is 0 Å². The molecule has 0 radical (unpaired) electrons. The number of hydrogen-bond acceptors (Lipinski definition) is 2. The summed E-state index contributed by atoms with van der Waals surface area (Å²) >= 11 is 0. The van der Waals surface area contributed by atoms with Crippen LogP contribution in [0.4, 0.5) is 0 Å². The summed E-state index contributed by atoms with van der Waals surface area (Å²) in [6.45, 7) is 4.43. The molecule has 0 amide bonds. The summed E-state index contributed by atoms with van der Waals surface area (Å²) in [5.41, 5.74) is 5.67. The number of nitrogens with one attached hydrogen (secondary N) is 1. The highest BCUT2D eigenvalue weighted by Crippen LogP contribution is 2.41. The summed E-state index contributed by atoms with van der Waals surface area (Å²) in [7, 11) is 0. The molecule has 1 fully saturated rings. The molecule has 3 atom stereocenters. The number of aryl methyl sites for hydroxylation is 1. The first-order chi connectivity index (χ1) is 7.20. The van der Waals surface area contributed by atoms with Crippen LogP contribution in [0, 0.1) is 18.8 Å². The molecule has 1 saturated carbocycles. The molecule has 3 unspecified atom stereocenters. The number of hydrogen-bond donors (Lipinski definition) is 2. The maximum absolute atomic E-state index is 5.61. The third-order valence-electron chi connectivity index (χ3n) is 3.44. The highest BCUT2D eigenvalue weighted by molar-refractivity contribution is 5.23. The van der Waals surface area contributed by atoms with Gasteiger partial charge in [0, 0.05) is 6.04 Å². The molecule has 15 heavy (non-hydrogen) atoms. The maximum Gasteiger partial charge on any atom is 0.0281 e. The Hall–Kier alpha value is -0.860. The van der Waals surface area contributed by atoms with Gasteiger partial charge in [0.25, 0.3) is 0 Å². The number of benzene rings is 1. The monoisotopic (exact) mass is 204 g/mol. The zero-order valence-electron chi connectivity index (χ0n) is 9.53. The first kappa shape index (κ1) is 10.7. The van der Waals surface area contributed by atoms with Gasteiger partial charge < -0.3 is 0 Å². The molecule has 82 valence electrons. The van der Waals surface area contributed by atoms with Gasteiger partial charge in [-0.25, -0.2) is 0 Å². The average Bonchev–Trinajstić information content (AvgIpc) is 2.92. The summed E-state index contributed by atoms with van der Waals surface area (Å²) in [6.07, 6.45) is 2.37. The van der Waals surface area contributed by atoms with Gasteiger partial charge in [-0.15, -0.1) is 0 Å². The van der Waals surface area contributed by atoms with Crippen LogP contribution < -0.4 is 11.3 Å². The minimum Gasteiger partial charge on any atom is -0.271 e. The minimum atomic E-state index is 0.446. The van der Waals surface area contributed by atoms with E-state index in [0.717, 1.165) is 18.3 Å². The van der Waals surface area contributed by atoms with Crippen molar-refractivity contribution >= 4 is 0 Å². The second kappa shape index (κ2) is 4.33. The summed E-state index contributed by atoms with van der Waals surface area (Å²) < 4.78 is 0. The largest absolute Gasteiger partial charge is 0.271 e. The van der Waals surface area contributed by atoms with Crippen LogP contribution in [-0.4, -0.2) is 6.04 Å². The molecular weight excluding hydrogens is 184 g/mol. The smallest absolute Gasteiger partial charge is 0.0281 e. The van der Waals surface area contributed by atoms with Crippen molar-refractivity contribution in [3.8, 4) is 0 Å². The van der Waals surface area contributed by atoms with Crippen LogP contribution in [0.25, 0.3) is 0 Å². The Morgan fingerprint density at radius 2 is 2.27 bits per heavy atom. The maximum atomic E-state index is 5.61. The molecule has 1 aliphatic rings. The molecule has 2 rings (SSSR count). The van der Waals surface area contributed by atoms with Crippen molar-refractivity contribution in [3.05, 3.63) is 35.4 Å². The number of rotatable bonds is 4. The van der Waals surface area contributed by atoms with Crippen LogP contribution in [0.5, 0.6) is 0 Å². The fourth-order valence-electron chi connectivity index (χ4n) is 2.34. The van der Waals surface area contributed by atoms with Gasteiger partial charge >= 0.3 is 0 Å². The molecule has 2 nitrogen and oxygen atoms in total. The lowest BCUT2D eigenvalue weighted by molar-refractivity contribution is 0.454. The molecular formula is C13H20N2. The lowest BCUT2D eigenvalue weighted by atomic mass is 10.0. The molecule has 0 saturated heterocycles. The normalized spacial score (nSPS) is 26.3. The van der Waals surface area contributed by atoms with Crippen molar-refractivity contribution in [3.63, 3.8) is 0 Å². The van der Waals surface area contributed by atoms with Gasteiger partial charge in [-0.3, -0.25) is 11.3 Å². The van der Waals surface area contributed by atoms with E-state index in [-0.39, 0.29) is 0 Å². The summed E-state index contributed by atoms with van der Waals surface area (Å²) in [5.74, 6) is 7.23. The van der Waals surface area contributed by atoms with Crippen LogP contribution >= 0.6 is 0 Å². The minimum absolute atomic E-state index is 0.446. The molecule has 0 spiro atoms. The molecule has 0 aliphatic heterocycles. The van der Waals surface area contributed by atoms with Crippen LogP contribution in [0.1, 0.15) is 24.5 Å². The first-order valence-electron chi connectivity index (χ1n) is 5.72. The Labute approximate surface area is 91.8 Å². The van der Waals surface area contributed by atoms with E-state index in [1.807, 2.05) is 0 Å². The molecule has 0 heterocycles. The Morgan fingerprint density at radius 1 is 1.53 bits per heavy atom. The first-order valence-corrected chi connectivity index (χ1v) is 5.72. The van der Waals surface area contributed by atoms with Gasteiger partial charge in [-0.2, -0.15) is 0 Å². The van der Waals surface area contributed by atoms with Crippen LogP contribution in [-0.2, 0) is 6.42 Å². The molecule has 3 N–H and O–H groups in total. The van der Waals surface area contributed by atoms with Crippen molar-refractivity contribution in [2.75, 3.05) is 0 Å². The predicted octanol–water partition coefficient (Wildman–Crippen LogP) is 2.03. The lowest BCUT2D eigenvalue weighted by Crippen LogP contribution is -2.38. The average molecular weight is 204 g/mol. The van der Waals surface area contributed by atoms with Gasteiger partial charge in [0.2, 0.25) is 0 Å². The number of hydrazine groups is 1. The van der Waals surface area contributed by atoms with E-state index in [2.05, 4.69) is 43.5 Å². The summed E-state index contributed by atoms with van der Waals surface area (Å²) in [6, 6.07) is 9.13. The van der Waals surface area contributed by atoms with E-state index in [9.17, 15) is 0 Å². The topological polar surface area (TPSA) is 38.0 Å². The van der Waals surface area contributed by atoms with E-state index < -0.39 is 0 Å². The summed E-state index contributed by atoms with van der Waals surface area (Å²) in [5, 5.41) is 0. The van der Waals surface area contributed by atoms with E-state index in [1.54, 1.807) is 0 Å². The van der Waals surface area contributed by atoms with E-state index >= 15 is 0 Å². The summed E-state index contributed by atoms with van der Waals surface area (Å²) in [4.78, 5) is 0. The van der Waals surface area contributed by atoms with E-state index in [0.29, 0.717) is 6.04 Å². The molecule has 2 heteroatoms. The quantitative estimate of drug-likeness (QED) is 0.581. The van der Waals surface area contributed by atoms with Gasteiger partial charge in [0.05, 0.1) is 0 Å². The van der Waals surface area contributed by atoms with E-state index in [1.165, 1.54) is 17.5 Å². The lowest BCUT2D eigenvalue weighted by Gasteiger charge is -2.15. The Bertz CT molecular complexity index is 335. The third-order valence-corrected chi connectivity index (χ3v) is 3.44. The zero-order chi connectivity index (χ0) is 10.8. The van der Waals surface area contributed by atoms with Crippen LogP contribution in [0.3, 0.4) is 0 Å². The molecule has 0 aromatic heterocycles. The molecule has 1 aromatic carbocycles. The Morgan fingerprint density at radius 3 is 2.80 bits per heavy atom. The number of nitrogens with two attached hydrogens (primary N) is 1. The van der Waals surface area contributed by atoms with Crippen molar-refractivity contribution < 1.29 is 0 Å². The highest BCUT2D eigenvalue weighted by Gasteiger charge is 2.38. The van der Waals surface area contributed by atoms with Crippen molar-refractivity contribution in [1.82, 2.24) is 5.43 Å². The van der Waals surface area contributed by atoms with E-state index in [4.69, 9.17) is 5.84 Å². The Kier molecular flexibility index (Phi) is 3.08. The second-order valence-electron chi connectivity index (χ2n) is 4.84. The third kappa shape index (κ3) is 2.58. The standard InChI is InChI=1S/C13H20N2/c1-9-4-3-5-11(6-9)8-13(15-14)12-7-10(12)2/h3-6,10,12-13,15H,7-8,14H2,1-2H3. The van der Waals surface area contributed by atoms with Crippen LogP contribution in [0.15, 0.2) is 24.3 Å². The fraction of sp³-hybridized carbons (Fsp3) is 0.538. The van der Waals surface area contributed by atoms with Crippen molar-refractivity contribution in [1.29, 1.82) is 0 Å². The van der Waals surface area contributed by atoms with Gasteiger partial charge in [0.1, 0.15) is 0 Å². The van der Waals surface area contributed by atoms with Gasteiger partial charge in [-0.05, 0) is 37.2 Å². The second-order valence-corrected chi connectivity index (χ2v) is 4.84. The van der Waals surface area contributed by atoms with Gasteiger partial charge in [-0.1, -0.05) is 36.8 Å². The van der Waals surface area contributed by atoms with Crippen molar-refractivity contribution in [2.24, 2.45) is 17.7 Å².